The first-order valence-corrected chi connectivity index (χ1v) is 8.52. The van der Waals surface area contributed by atoms with Gasteiger partial charge >= 0.3 is 0 Å². The molecule has 2 atom stereocenters. The molecule has 1 fully saturated rings. The SMILES string of the molecule is COc1ccc(C)cc1C(C)N[C@@H](C)C1CCCCCC1. The lowest BCUT2D eigenvalue weighted by Crippen LogP contribution is -2.35. The van der Waals surface area contributed by atoms with E-state index in [0.29, 0.717) is 12.1 Å². The number of nitrogens with one attached hydrogen (secondary N) is 1. The maximum Gasteiger partial charge on any atom is 0.123 e. The summed E-state index contributed by atoms with van der Waals surface area (Å²) >= 11 is 0. The summed E-state index contributed by atoms with van der Waals surface area (Å²) in [6.07, 6.45) is 8.41. The van der Waals surface area contributed by atoms with Gasteiger partial charge in [-0.25, -0.2) is 0 Å². The molecule has 0 saturated heterocycles. The van der Waals surface area contributed by atoms with Crippen LogP contribution in [0.4, 0.5) is 0 Å². The second-order valence-corrected chi connectivity index (χ2v) is 6.67. The first-order valence-electron chi connectivity index (χ1n) is 8.52. The third kappa shape index (κ3) is 4.47. The van der Waals surface area contributed by atoms with Gasteiger partial charge in [-0.3, -0.25) is 0 Å². The van der Waals surface area contributed by atoms with E-state index < -0.39 is 0 Å². The number of methoxy groups -OCH3 is 1. The highest BCUT2D eigenvalue weighted by Gasteiger charge is 2.21. The molecule has 2 rings (SSSR count). The van der Waals surface area contributed by atoms with Crippen LogP contribution in [0.3, 0.4) is 0 Å². The van der Waals surface area contributed by atoms with E-state index in [1.807, 2.05) is 0 Å². The predicted molar refractivity (Wildman–Crippen MR) is 89.9 cm³/mol. The molecule has 1 aromatic carbocycles. The van der Waals surface area contributed by atoms with E-state index in [1.165, 1.54) is 49.7 Å². The molecular formula is C19H31NO. The average molecular weight is 289 g/mol. The molecule has 1 unspecified atom stereocenters. The average Bonchev–Trinajstić information content (AvgIpc) is 2.76. The van der Waals surface area contributed by atoms with Crippen LogP contribution in [0, 0.1) is 12.8 Å². The van der Waals surface area contributed by atoms with Crippen molar-refractivity contribution in [2.24, 2.45) is 5.92 Å². The summed E-state index contributed by atoms with van der Waals surface area (Å²) < 4.78 is 5.53. The van der Waals surface area contributed by atoms with Crippen LogP contribution in [0.25, 0.3) is 0 Å². The molecule has 21 heavy (non-hydrogen) atoms. The molecule has 1 aliphatic carbocycles. The van der Waals surface area contributed by atoms with Gasteiger partial charge in [0, 0.05) is 17.6 Å². The van der Waals surface area contributed by atoms with Crippen molar-refractivity contribution in [2.75, 3.05) is 7.11 Å². The van der Waals surface area contributed by atoms with E-state index in [4.69, 9.17) is 4.74 Å². The predicted octanol–water partition coefficient (Wildman–Crippen LogP) is 5.01. The minimum atomic E-state index is 0.332. The Morgan fingerprint density at radius 3 is 2.38 bits per heavy atom. The molecule has 0 aromatic heterocycles. The molecular weight excluding hydrogens is 258 g/mol. The van der Waals surface area contributed by atoms with Crippen LogP contribution in [0.15, 0.2) is 18.2 Å². The quantitative estimate of drug-likeness (QED) is 0.769. The molecule has 0 amide bonds. The van der Waals surface area contributed by atoms with Crippen molar-refractivity contribution in [2.45, 2.75) is 71.4 Å². The summed E-state index contributed by atoms with van der Waals surface area (Å²) in [5, 5.41) is 3.82. The minimum absolute atomic E-state index is 0.332. The van der Waals surface area contributed by atoms with Gasteiger partial charge in [0.25, 0.3) is 0 Å². The number of hydrogen-bond donors (Lipinski definition) is 1. The Hall–Kier alpha value is -1.02. The van der Waals surface area contributed by atoms with Crippen LogP contribution >= 0.6 is 0 Å². The van der Waals surface area contributed by atoms with Crippen LogP contribution in [-0.4, -0.2) is 13.2 Å². The van der Waals surface area contributed by atoms with Gasteiger partial charge < -0.3 is 10.1 Å². The second-order valence-electron chi connectivity index (χ2n) is 6.67. The third-order valence-electron chi connectivity index (χ3n) is 4.97. The van der Waals surface area contributed by atoms with Crippen molar-refractivity contribution in [1.82, 2.24) is 5.32 Å². The number of ether oxygens (including phenoxy) is 1. The van der Waals surface area contributed by atoms with E-state index in [2.05, 4.69) is 44.3 Å². The van der Waals surface area contributed by atoms with Crippen molar-refractivity contribution in [3.63, 3.8) is 0 Å². The lowest BCUT2D eigenvalue weighted by molar-refractivity contribution is 0.312. The summed E-state index contributed by atoms with van der Waals surface area (Å²) in [5.74, 6) is 1.82. The van der Waals surface area contributed by atoms with Gasteiger partial charge in [0.05, 0.1) is 7.11 Å². The molecule has 2 heteroatoms. The lowest BCUT2D eigenvalue weighted by atomic mass is 9.92. The standard InChI is InChI=1S/C19H31NO/c1-14-11-12-19(21-4)18(13-14)16(3)20-15(2)17-9-7-5-6-8-10-17/h11-13,15-17,20H,5-10H2,1-4H3/t15-,16?/m0/s1. The fraction of sp³-hybridized carbons (Fsp3) is 0.684. The van der Waals surface area contributed by atoms with Gasteiger partial charge in [-0.2, -0.15) is 0 Å². The Bertz CT molecular complexity index is 435. The van der Waals surface area contributed by atoms with Crippen LogP contribution < -0.4 is 10.1 Å². The maximum atomic E-state index is 5.53. The van der Waals surface area contributed by atoms with Crippen molar-refractivity contribution < 1.29 is 4.74 Å². The molecule has 0 bridgehead atoms. The fourth-order valence-corrected chi connectivity index (χ4v) is 3.62. The van der Waals surface area contributed by atoms with E-state index in [1.54, 1.807) is 7.11 Å². The van der Waals surface area contributed by atoms with Crippen molar-refractivity contribution in [3.05, 3.63) is 29.3 Å². The van der Waals surface area contributed by atoms with Gasteiger partial charge in [-0.1, -0.05) is 43.4 Å². The highest BCUT2D eigenvalue weighted by Crippen LogP contribution is 2.30. The Morgan fingerprint density at radius 2 is 1.76 bits per heavy atom. The highest BCUT2D eigenvalue weighted by atomic mass is 16.5. The summed E-state index contributed by atoms with van der Waals surface area (Å²) in [5.41, 5.74) is 2.57. The zero-order valence-corrected chi connectivity index (χ0v) is 14.1. The van der Waals surface area contributed by atoms with Crippen molar-refractivity contribution in [1.29, 1.82) is 0 Å². The smallest absolute Gasteiger partial charge is 0.123 e. The minimum Gasteiger partial charge on any atom is -0.496 e. The van der Waals surface area contributed by atoms with E-state index >= 15 is 0 Å². The molecule has 118 valence electrons. The molecule has 0 radical (unpaired) electrons. The topological polar surface area (TPSA) is 21.3 Å². The van der Waals surface area contributed by atoms with Gasteiger partial charge in [-0.15, -0.1) is 0 Å². The number of aryl methyl sites for hydroxylation is 1. The third-order valence-corrected chi connectivity index (χ3v) is 4.97. The fourth-order valence-electron chi connectivity index (χ4n) is 3.62. The van der Waals surface area contributed by atoms with E-state index in [-0.39, 0.29) is 0 Å². The van der Waals surface area contributed by atoms with E-state index in [0.717, 1.165) is 11.7 Å². The van der Waals surface area contributed by atoms with Crippen LogP contribution in [0.5, 0.6) is 5.75 Å². The Balaban J connectivity index is 2.02. The molecule has 0 aliphatic heterocycles. The molecule has 0 heterocycles. The number of benzene rings is 1. The highest BCUT2D eigenvalue weighted by molar-refractivity contribution is 5.38. The summed E-state index contributed by atoms with van der Waals surface area (Å²) in [4.78, 5) is 0. The van der Waals surface area contributed by atoms with Gasteiger partial charge in [-0.05, 0) is 45.6 Å². The Kier molecular flexibility index (Phi) is 6.10. The summed E-state index contributed by atoms with van der Waals surface area (Å²) in [6, 6.07) is 7.35. The van der Waals surface area contributed by atoms with Gasteiger partial charge in [0.15, 0.2) is 0 Å². The largest absolute Gasteiger partial charge is 0.496 e. The van der Waals surface area contributed by atoms with E-state index in [9.17, 15) is 0 Å². The molecule has 1 aromatic rings. The van der Waals surface area contributed by atoms with Crippen LogP contribution in [-0.2, 0) is 0 Å². The molecule has 2 nitrogen and oxygen atoms in total. The van der Waals surface area contributed by atoms with Gasteiger partial charge in [0.1, 0.15) is 5.75 Å². The number of rotatable bonds is 5. The summed E-state index contributed by atoms with van der Waals surface area (Å²) in [7, 11) is 1.76. The van der Waals surface area contributed by atoms with Gasteiger partial charge in [0.2, 0.25) is 0 Å². The number of hydrogen-bond acceptors (Lipinski definition) is 2. The lowest BCUT2D eigenvalue weighted by Gasteiger charge is -2.28. The summed E-state index contributed by atoms with van der Waals surface area (Å²) in [6.45, 7) is 6.75. The molecule has 1 saturated carbocycles. The monoisotopic (exact) mass is 289 g/mol. The molecule has 1 N–H and O–H groups in total. The Labute approximate surface area is 130 Å². The zero-order valence-electron chi connectivity index (χ0n) is 14.1. The van der Waals surface area contributed by atoms with Crippen LogP contribution in [0.1, 0.15) is 69.5 Å². The normalized spacial score (nSPS) is 19.8. The maximum absolute atomic E-state index is 5.53. The second kappa shape index (κ2) is 7.84. The molecule has 1 aliphatic rings. The van der Waals surface area contributed by atoms with Crippen molar-refractivity contribution in [3.8, 4) is 5.75 Å². The van der Waals surface area contributed by atoms with Crippen molar-refractivity contribution >= 4 is 0 Å². The zero-order chi connectivity index (χ0) is 15.2. The Morgan fingerprint density at radius 1 is 1.10 bits per heavy atom. The van der Waals surface area contributed by atoms with Crippen LogP contribution in [0.2, 0.25) is 0 Å². The first kappa shape index (κ1) is 16.4. The molecule has 0 spiro atoms. The first-order chi connectivity index (χ1) is 10.1.